The number of thioether (sulfide) groups is 1. The minimum atomic E-state index is -0.143. The van der Waals surface area contributed by atoms with Crippen LogP contribution in [0, 0.1) is 6.92 Å². The van der Waals surface area contributed by atoms with Crippen molar-refractivity contribution < 1.29 is 0 Å². The molecule has 0 atom stereocenters. The molecule has 0 aliphatic carbocycles. The van der Waals surface area contributed by atoms with E-state index in [9.17, 15) is 0 Å². The van der Waals surface area contributed by atoms with Crippen LogP contribution in [0.25, 0.3) is 0 Å². The van der Waals surface area contributed by atoms with Crippen LogP contribution in [0.2, 0.25) is 0 Å². The number of rotatable bonds is 3. The molecule has 2 rings (SSSR count). The van der Waals surface area contributed by atoms with E-state index in [-0.39, 0.29) is 15.6 Å². The Bertz CT molecular complexity index is 733. The largest absolute Gasteiger partial charge is 0.368 e. The van der Waals surface area contributed by atoms with Crippen molar-refractivity contribution in [1.82, 2.24) is 14.8 Å². The molecule has 9 heteroatoms. The molecule has 0 spiro atoms. The third kappa shape index (κ3) is 3.95. The molecule has 116 valence electrons. The van der Waals surface area contributed by atoms with Gasteiger partial charge in [0, 0.05) is 5.56 Å². The molecule has 0 saturated heterocycles. The summed E-state index contributed by atoms with van der Waals surface area (Å²) in [7, 11) is 0. The van der Waals surface area contributed by atoms with Gasteiger partial charge in [0.05, 0.1) is 0 Å². The highest BCUT2D eigenvalue weighted by Crippen LogP contribution is 2.21. The smallest absolute Gasteiger partial charge is 0.225 e. The molecule has 0 unspecified atom stereocenters. The first-order valence-electron chi connectivity index (χ1n) is 6.05. The molecule has 0 amide bonds. The summed E-state index contributed by atoms with van der Waals surface area (Å²) in [6.07, 6.45) is 1.85. The summed E-state index contributed by atoms with van der Waals surface area (Å²) >= 11 is 18.7. The second-order valence-electron chi connectivity index (χ2n) is 4.22. The number of halogens is 3. The van der Waals surface area contributed by atoms with Crippen molar-refractivity contribution in [1.29, 1.82) is 0 Å². The summed E-state index contributed by atoms with van der Waals surface area (Å²) in [5.41, 5.74) is 7.77. The van der Waals surface area contributed by atoms with Crippen molar-refractivity contribution in [2.75, 3.05) is 12.0 Å². The number of nitrogens with zero attached hydrogens (tertiary/aromatic N) is 4. The van der Waals surface area contributed by atoms with Gasteiger partial charge in [0.25, 0.3) is 0 Å². The maximum absolute atomic E-state index is 5.96. The van der Waals surface area contributed by atoms with Crippen LogP contribution in [-0.4, -0.2) is 26.9 Å². The van der Waals surface area contributed by atoms with E-state index in [0.29, 0.717) is 11.0 Å². The maximum atomic E-state index is 5.96. The quantitative estimate of drug-likeness (QED) is 0.380. The van der Waals surface area contributed by atoms with Crippen molar-refractivity contribution in [3.05, 3.63) is 45.0 Å². The molecule has 0 bridgehead atoms. The van der Waals surface area contributed by atoms with Crippen LogP contribution < -0.4 is 5.73 Å². The lowest BCUT2D eigenvalue weighted by Gasteiger charge is -2.08. The number of nitrogen functional groups attached to an aromatic ring is 1. The van der Waals surface area contributed by atoms with Crippen LogP contribution in [0.5, 0.6) is 0 Å². The molecule has 5 nitrogen and oxygen atoms in total. The first-order valence-corrected chi connectivity index (χ1v) is 8.41. The molecule has 1 aromatic heterocycles. The van der Waals surface area contributed by atoms with E-state index >= 15 is 0 Å². The molecule has 1 heterocycles. The molecule has 0 saturated carbocycles. The topological polar surface area (TPSA) is 69.1 Å². The Hall–Kier alpha value is -1.21. The Morgan fingerprint density at radius 1 is 1.23 bits per heavy atom. The van der Waals surface area contributed by atoms with Gasteiger partial charge in [-0.15, -0.1) is 5.10 Å². The average Bonchev–Trinajstić information content (AvgIpc) is 2.86. The van der Waals surface area contributed by atoms with Gasteiger partial charge >= 0.3 is 0 Å². The second-order valence-corrected chi connectivity index (χ2v) is 6.30. The van der Waals surface area contributed by atoms with E-state index < -0.39 is 0 Å². The monoisotopic (exact) mass is 375 g/mol. The molecule has 0 aliphatic rings. The van der Waals surface area contributed by atoms with Crippen molar-refractivity contribution in [3.63, 3.8) is 0 Å². The molecule has 22 heavy (non-hydrogen) atoms. The SMILES string of the molecule is CSc1nc(N)n(C(=NC(Cl)=C(Cl)Cl)c2ccc(C)cc2)n1. The average molecular weight is 377 g/mol. The highest BCUT2D eigenvalue weighted by Gasteiger charge is 2.15. The lowest BCUT2D eigenvalue weighted by atomic mass is 10.1. The number of anilines is 1. The third-order valence-electron chi connectivity index (χ3n) is 2.67. The Morgan fingerprint density at radius 3 is 2.36 bits per heavy atom. The standard InChI is InChI=1S/C13H12Cl3N5S/c1-7-3-5-8(6-4-7)11(18-10(16)9(14)15)21-12(17)19-13(20-21)22-2/h3-6H,1-2H3,(H2,17,19,20). The third-order valence-corrected chi connectivity index (χ3v) is 4.03. The second kappa shape index (κ2) is 7.37. The highest BCUT2D eigenvalue weighted by atomic mass is 35.5. The van der Waals surface area contributed by atoms with Crippen LogP contribution in [0.15, 0.2) is 44.1 Å². The molecule has 0 radical (unpaired) electrons. The molecular weight excluding hydrogens is 365 g/mol. The fourth-order valence-electron chi connectivity index (χ4n) is 1.62. The number of hydrogen-bond donors (Lipinski definition) is 1. The molecule has 0 fully saturated rings. The minimum Gasteiger partial charge on any atom is -0.368 e. The number of benzene rings is 1. The van der Waals surface area contributed by atoms with Gasteiger partial charge in [0.15, 0.2) is 11.0 Å². The van der Waals surface area contributed by atoms with Gasteiger partial charge in [0.1, 0.15) is 4.49 Å². The van der Waals surface area contributed by atoms with Gasteiger partial charge in [-0.1, -0.05) is 76.4 Å². The van der Waals surface area contributed by atoms with Gasteiger partial charge in [0.2, 0.25) is 11.1 Å². The van der Waals surface area contributed by atoms with E-state index in [1.807, 2.05) is 37.4 Å². The molecular formula is C13H12Cl3N5S. The zero-order chi connectivity index (χ0) is 16.3. The van der Waals surface area contributed by atoms with Crippen molar-refractivity contribution >= 4 is 58.3 Å². The molecule has 2 N–H and O–H groups in total. The maximum Gasteiger partial charge on any atom is 0.225 e. The fraction of sp³-hybridized carbons (Fsp3) is 0.154. The minimum absolute atomic E-state index is 0.0560. The number of aryl methyl sites for hydroxylation is 1. The normalized spacial score (nSPS) is 11.6. The molecule has 0 aliphatic heterocycles. The lowest BCUT2D eigenvalue weighted by molar-refractivity contribution is 0.881. The zero-order valence-electron chi connectivity index (χ0n) is 11.7. The van der Waals surface area contributed by atoms with E-state index in [2.05, 4.69) is 15.1 Å². The number of aromatic nitrogens is 3. The van der Waals surface area contributed by atoms with Crippen LogP contribution in [0.4, 0.5) is 5.95 Å². The Labute approximate surface area is 147 Å². The van der Waals surface area contributed by atoms with Crippen LogP contribution in [0.1, 0.15) is 11.1 Å². The zero-order valence-corrected chi connectivity index (χ0v) is 14.8. The van der Waals surface area contributed by atoms with E-state index in [1.165, 1.54) is 16.4 Å². The summed E-state index contributed by atoms with van der Waals surface area (Å²) in [5, 5.41) is 4.75. The van der Waals surface area contributed by atoms with Crippen LogP contribution in [-0.2, 0) is 0 Å². The van der Waals surface area contributed by atoms with E-state index in [1.54, 1.807) is 0 Å². The summed E-state index contributed by atoms with van der Waals surface area (Å²) in [5.74, 6) is 0.577. The lowest BCUT2D eigenvalue weighted by Crippen LogP contribution is -2.18. The van der Waals surface area contributed by atoms with Crippen molar-refractivity contribution in [3.8, 4) is 0 Å². The van der Waals surface area contributed by atoms with E-state index in [0.717, 1.165) is 11.1 Å². The summed E-state index contributed by atoms with van der Waals surface area (Å²) < 4.78 is 1.25. The van der Waals surface area contributed by atoms with Gasteiger partial charge in [-0.2, -0.15) is 9.67 Å². The number of aliphatic imine (C=N–C) groups is 1. The van der Waals surface area contributed by atoms with E-state index in [4.69, 9.17) is 40.5 Å². The Morgan fingerprint density at radius 2 is 1.86 bits per heavy atom. The number of nitrogens with two attached hydrogens (primary N) is 1. The Kier molecular flexibility index (Phi) is 5.74. The predicted octanol–water partition coefficient (Wildman–Crippen LogP) is 4.03. The molecule has 1 aromatic carbocycles. The number of hydrogen-bond acceptors (Lipinski definition) is 5. The van der Waals surface area contributed by atoms with Gasteiger partial charge in [-0.25, -0.2) is 4.99 Å². The van der Waals surface area contributed by atoms with Crippen molar-refractivity contribution in [2.24, 2.45) is 4.99 Å². The first-order chi connectivity index (χ1) is 10.4. The predicted molar refractivity (Wildman–Crippen MR) is 93.9 cm³/mol. The Balaban J connectivity index is 2.62. The van der Waals surface area contributed by atoms with Crippen LogP contribution >= 0.6 is 46.6 Å². The summed E-state index contributed by atoms with van der Waals surface area (Å²) in [6, 6.07) is 7.63. The summed E-state index contributed by atoms with van der Waals surface area (Å²) in [6.45, 7) is 1.98. The van der Waals surface area contributed by atoms with Gasteiger partial charge in [-0.05, 0) is 13.2 Å². The summed E-state index contributed by atoms with van der Waals surface area (Å²) in [4.78, 5) is 8.36. The van der Waals surface area contributed by atoms with Gasteiger partial charge < -0.3 is 5.73 Å². The fourth-order valence-corrected chi connectivity index (χ4v) is 2.13. The molecule has 2 aromatic rings. The van der Waals surface area contributed by atoms with Gasteiger partial charge in [-0.3, -0.25) is 0 Å². The highest BCUT2D eigenvalue weighted by molar-refractivity contribution is 7.98. The van der Waals surface area contributed by atoms with Crippen molar-refractivity contribution in [2.45, 2.75) is 12.1 Å². The van der Waals surface area contributed by atoms with Crippen LogP contribution in [0.3, 0.4) is 0 Å². The first kappa shape index (κ1) is 17.1.